The highest BCUT2D eigenvalue weighted by Gasteiger charge is 2.18. The van der Waals surface area contributed by atoms with Gasteiger partial charge in [-0.25, -0.2) is 9.18 Å². The number of nitrogens with zero attached hydrogens (tertiary/aromatic N) is 1. The first-order chi connectivity index (χ1) is 16.6. The summed E-state index contributed by atoms with van der Waals surface area (Å²) in [7, 11) is 0. The first-order valence-corrected chi connectivity index (χ1v) is 11.0. The topological polar surface area (TPSA) is 98.8 Å². The summed E-state index contributed by atoms with van der Waals surface area (Å²) < 4.78 is 30.8. The van der Waals surface area contributed by atoms with Gasteiger partial charge in [-0.05, 0) is 70.2 Å². The predicted molar refractivity (Wildman–Crippen MR) is 130 cm³/mol. The molecule has 8 nitrogen and oxygen atoms in total. The monoisotopic (exact) mass is 481 g/mol. The molecule has 35 heavy (non-hydrogen) atoms. The van der Waals surface area contributed by atoms with Crippen molar-refractivity contribution in [2.24, 2.45) is 0 Å². The number of ether oxygens (including phenoxy) is 3. The fourth-order valence-corrected chi connectivity index (χ4v) is 3.00. The van der Waals surface area contributed by atoms with Gasteiger partial charge in [0, 0.05) is 29.2 Å². The van der Waals surface area contributed by atoms with E-state index in [0.717, 1.165) is 11.6 Å². The number of rotatable bonds is 8. The number of anilines is 2. The molecule has 3 rings (SSSR count). The fraction of sp³-hybridized carbons (Fsp3) is 0.269. The number of aromatic nitrogens is 1. The zero-order valence-electron chi connectivity index (χ0n) is 20.1. The van der Waals surface area contributed by atoms with Crippen LogP contribution >= 0.6 is 0 Å². The SMILES string of the molecule is CCOc1cc(C(=O)Nc2ccc(F)c(NC(=O)OC(C)(C)C)c2)ccc1OCc1cccnc1. The molecule has 1 heterocycles. The van der Waals surface area contributed by atoms with Crippen LogP contribution in [-0.2, 0) is 11.3 Å². The minimum absolute atomic E-state index is 0.119. The van der Waals surface area contributed by atoms with Gasteiger partial charge in [-0.2, -0.15) is 0 Å². The molecule has 184 valence electrons. The molecule has 0 radical (unpaired) electrons. The van der Waals surface area contributed by atoms with Crippen molar-refractivity contribution in [3.05, 3.63) is 77.9 Å². The molecule has 0 unspecified atom stereocenters. The maximum atomic E-state index is 14.2. The van der Waals surface area contributed by atoms with Gasteiger partial charge >= 0.3 is 6.09 Å². The van der Waals surface area contributed by atoms with Gasteiger partial charge in [0.15, 0.2) is 11.5 Å². The third-order valence-electron chi connectivity index (χ3n) is 4.48. The van der Waals surface area contributed by atoms with Crippen LogP contribution < -0.4 is 20.1 Å². The molecule has 2 aromatic carbocycles. The lowest BCUT2D eigenvalue weighted by Crippen LogP contribution is -2.27. The molecule has 0 aliphatic rings. The summed E-state index contributed by atoms with van der Waals surface area (Å²) in [6.45, 7) is 7.60. The summed E-state index contributed by atoms with van der Waals surface area (Å²) in [4.78, 5) is 28.9. The maximum Gasteiger partial charge on any atom is 0.412 e. The van der Waals surface area contributed by atoms with E-state index >= 15 is 0 Å². The van der Waals surface area contributed by atoms with Crippen LogP contribution in [0, 0.1) is 5.82 Å². The van der Waals surface area contributed by atoms with Gasteiger partial charge in [-0.3, -0.25) is 15.1 Å². The normalized spacial score (nSPS) is 10.9. The smallest absolute Gasteiger partial charge is 0.412 e. The lowest BCUT2D eigenvalue weighted by Gasteiger charge is -2.20. The van der Waals surface area contributed by atoms with Gasteiger partial charge in [-0.1, -0.05) is 6.07 Å². The van der Waals surface area contributed by atoms with Gasteiger partial charge in [0.1, 0.15) is 18.0 Å². The minimum atomic E-state index is -0.803. The summed E-state index contributed by atoms with van der Waals surface area (Å²) >= 11 is 0. The van der Waals surface area contributed by atoms with Crippen LogP contribution in [0.25, 0.3) is 0 Å². The number of pyridine rings is 1. The number of hydrogen-bond acceptors (Lipinski definition) is 6. The molecule has 2 N–H and O–H groups in total. The molecule has 0 fully saturated rings. The molecule has 0 saturated carbocycles. The Morgan fingerprint density at radius 2 is 1.80 bits per heavy atom. The highest BCUT2D eigenvalue weighted by Crippen LogP contribution is 2.30. The molecule has 0 saturated heterocycles. The molecule has 2 amide bonds. The lowest BCUT2D eigenvalue weighted by atomic mass is 10.1. The van der Waals surface area contributed by atoms with Gasteiger partial charge in [0.25, 0.3) is 5.91 Å². The molecular formula is C26H28FN3O5. The Bertz CT molecular complexity index is 1180. The molecule has 0 aliphatic heterocycles. The van der Waals surface area contributed by atoms with E-state index in [1.807, 2.05) is 19.1 Å². The van der Waals surface area contributed by atoms with Crippen molar-refractivity contribution < 1.29 is 28.2 Å². The van der Waals surface area contributed by atoms with Gasteiger partial charge in [-0.15, -0.1) is 0 Å². The van der Waals surface area contributed by atoms with E-state index in [4.69, 9.17) is 14.2 Å². The Morgan fingerprint density at radius 3 is 2.49 bits per heavy atom. The molecule has 0 atom stereocenters. The quantitative estimate of drug-likeness (QED) is 0.422. The summed E-state index contributed by atoms with van der Waals surface area (Å²) in [5.41, 5.74) is 0.638. The van der Waals surface area contributed by atoms with E-state index in [1.54, 1.807) is 51.4 Å². The molecular weight excluding hydrogens is 453 g/mol. The second-order valence-corrected chi connectivity index (χ2v) is 8.52. The zero-order valence-corrected chi connectivity index (χ0v) is 20.1. The summed E-state index contributed by atoms with van der Waals surface area (Å²) in [6, 6.07) is 12.4. The number of halogens is 1. The summed E-state index contributed by atoms with van der Waals surface area (Å²) in [5, 5.41) is 5.04. The molecule has 3 aromatic rings. The first-order valence-electron chi connectivity index (χ1n) is 11.0. The Morgan fingerprint density at radius 1 is 1.00 bits per heavy atom. The van der Waals surface area contributed by atoms with Gasteiger partial charge in [0.2, 0.25) is 0 Å². The van der Waals surface area contributed by atoms with E-state index in [0.29, 0.717) is 30.3 Å². The molecule has 0 spiro atoms. The second kappa shape index (κ2) is 11.3. The van der Waals surface area contributed by atoms with Crippen molar-refractivity contribution in [3.8, 4) is 11.5 Å². The number of amides is 2. The van der Waals surface area contributed by atoms with E-state index in [2.05, 4.69) is 15.6 Å². The Hall–Kier alpha value is -4.14. The van der Waals surface area contributed by atoms with Gasteiger partial charge in [0.05, 0.1) is 12.3 Å². The maximum absolute atomic E-state index is 14.2. The zero-order chi connectivity index (χ0) is 25.4. The molecule has 9 heteroatoms. The van der Waals surface area contributed by atoms with Gasteiger partial charge < -0.3 is 19.5 Å². The summed E-state index contributed by atoms with van der Waals surface area (Å²) in [6.07, 6.45) is 2.58. The molecule has 1 aromatic heterocycles. The fourth-order valence-electron chi connectivity index (χ4n) is 3.00. The third-order valence-corrected chi connectivity index (χ3v) is 4.48. The van der Waals surface area contributed by atoms with Crippen LogP contribution in [0.5, 0.6) is 11.5 Å². The number of carbonyl (C=O) groups is 2. The predicted octanol–water partition coefficient (Wildman–Crippen LogP) is 5.80. The number of hydrogen-bond donors (Lipinski definition) is 2. The third kappa shape index (κ3) is 7.70. The van der Waals surface area contributed by atoms with Crippen molar-refractivity contribution in [1.29, 1.82) is 0 Å². The Balaban J connectivity index is 1.72. The Kier molecular flexibility index (Phi) is 8.25. The number of carbonyl (C=O) groups excluding carboxylic acids is 2. The van der Waals surface area contributed by atoms with Crippen molar-refractivity contribution in [2.45, 2.75) is 39.9 Å². The van der Waals surface area contributed by atoms with Crippen LogP contribution in [0.15, 0.2) is 60.9 Å². The van der Waals surface area contributed by atoms with Crippen molar-refractivity contribution in [1.82, 2.24) is 4.98 Å². The average Bonchev–Trinajstić information content (AvgIpc) is 2.80. The number of benzene rings is 2. The van der Waals surface area contributed by atoms with Crippen LogP contribution in [0.1, 0.15) is 43.6 Å². The van der Waals surface area contributed by atoms with Crippen LogP contribution in [0.3, 0.4) is 0 Å². The van der Waals surface area contributed by atoms with Crippen molar-refractivity contribution in [2.75, 3.05) is 17.2 Å². The van der Waals surface area contributed by atoms with E-state index < -0.39 is 23.4 Å². The van der Waals surface area contributed by atoms with Crippen LogP contribution in [0.2, 0.25) is 0 Å². The van der Waals surface area contributed by atoms with Crippen LogP contribution in [-0.4, -0.2) is 29.2 Å². The second-order valence-electron chi connectivity index (χ2n) is 8.52. The molecule has 0 aliphatic carbocycles. The average molecular weight is 482 g/mol. The summed E-state index contributed by atoms with van der Waals surface area (Å²) in [5.74, 6) is -0.212. The number of nitrogens with one attached hydrogen (secondary N) is 2. The van der Waals surface area contributed by atoms with Crippen molar-refractivity contribution in [3.63, 3.8) is 0 Å². The largest absolute Gasteiger partial charge is 0.490 e. The highest BCUT2D eigenvalue weighted by atomic mass is 19.1. The first kappa shape index (κ1) is 25.5. The Labute approximate surface area is 203 Å². The van der Waals surface area contributed by atoms with E-state index in [9.17, 15) is 14.0 Å². The molecule has 0 bridgehead atoms. The van der Waals surface area contributed by atoms with Crippen LogP contribution in [0.4, 0.5) is 20.6 Å². The van der Waals surface area contributed by atoms with E-state index in [-0.39, 0.29) is 11.4 Å². The lowest BCUT2D eigenvalue weighted by molar-refractivity contribution is 0.0635. The highest BCUT2D eigenvalue weighted by molar-refractivity contribution is 6.05. The standard InChI is InChI=1S/C26H28FN3O5/c1-5-33-23-13-18(8-11-22(23)34-16-17-7-6-12-28-15-17)24(31)29-19-9-10-20(27)21(14-19)30-25(32)35-26(2,3)4/h6-15H,5,16H2,1-4H3,(H,29,31)(H,30,32). The minimum Gasteiger partial charge on any atom is -0.490 e. The van der Waals surface area contributed by atoms with Crippen molar-refractivity contribution >= 4 is 23.4 Å². The van der Waals surface area contributed by atoms with E-state index in [1.165, 1.54) is 12.1 Å².